The zero-order valence-corrected chi connectivity index (χ0v) is 11.8. The maximum Gasteiger partial charge on any atom is 0.0666 e. The minimum atomic E-state index is -0.00134. The first kappa shape index (κ1) is 12.7. The van der Waals surface area contributed by atoms with Gasteiger partial charge in [-0.15, -0.1) is 11.6 Å². The van der Waals surface area contributed by atoms with Gasteiger partial charge in [0.2, 0.25) is 0 Å². The Bertz CT molecular complexity index is 259. The Morgan fingerprint density at radius 3 is 2.19 bits per heavy atom. The van der Waals surface area contributed by atoms with E-state index in [1.54, 1.807) is 0 Å². The molecule has 2 fully saturated rings. The van der Waals surface area contributed by atoms with Crippen LogP contribution >= 0.6 is 11.6 Å². The molecule has 0 aromatic carbocycles. The molecule has 0 aromatic heterocycles. The minimum absolute atomic E-state index is 0.00134. The molecule has 94 valence electrons. The first-order valence-corrected chi connectivity index (χ1v) is 7.10. The van der Waals surface area contributed by atoms with E-state index in [0.29, 0.717) is 17.2 Å². The monoisotopic (exact) mass is 244 g/mol. The third-order valence-corrected chi connectivity index (χ3v) is 4.93. The lowest BCUT2D eigenvalue weighted by Gasteiger charge is -2.37. The molecular weight excluding hydrogens is 220 g/mol. The van der Waals surface area contributed by atoms with Gasteiger partial charge in [0.25, 0.3) is 0 Å². The van der Waals surface area contributed by atoms with E-state index in [1.807, 2.05) is 0 Å². The van der Waals surface area contributed by atoms with Gasteiger partial charge < -0.3 is 4.74 Å². The smallest absolute Gasteiger partial charge is 0.0666 e. The van der Waals surface area contributed by atoms with Crippen LogP contribution in [0.2, 0.25) is 0 Å². The van der Waals surface area contributed by atoms with E-state index >= 15 is 0 Å². The summed E-state index contributed by atoms with van der Waals surface area (Å²) in [6.07, 6.45) is 6.30. The van der Waals surface area contributed by atoms with Crippen LogP contribution in [0.5, 0.6) is 0 Å². The van der Waals surface area contributed by atoms with Gasteiger partial charge in [0, 0.05) is 5.38 Å². The van der Waals surface area contributed by atoms with Crippen molar-refractivity contribution in [3.8, 4) is 0 Å². The first-order valence-electron chi connectivity index (χ1n) is 6.66. The maximum absolute atomic E-state index is 6.53. The van der Waals surface area contributed by atoms with Gasteiger partial charge in [-0.3, -0.25) is 0 Å². The van der Waals surface area contributed by atoms with Crippen LogP contribution in [0, 0.1) is 11.8 Å². The van der Waals surface area contributed by atoms with Crippen molar-refractivity contribution in [2.45, 2.75) is 76.4 Å². The van der Waals surface area contributed by atoms with Crippen molar-refractivity contribution in [3.63, 3.8) is 0 Å². The Kier molecular flexibility index (Phi) is 3.31. The molecule has 1 saturated carbocycles. The topological polar surface area (TPSA) is 9.23 Å². The molecule has 0 aromatic rings. The number of alkyl halides is 1. The Hall–Kier alpha value is 0.250. The molecule has 16 heavy (non-hydrogen) atoms. The van der Waals surface area contributed by atoms with Gasteiger partial charge in [-0.05, 0) is 58.8 Å². The molecule has 0 amide bonds. The van der Waals surface area contributed by atoms with E-state index in [0.717, 1.165) is 6.42 Å². The van der Waals surface area contributed by atoms with Gasteiger partial charge in [-0.1, -0.05) is 12.8 Å². The summed E-state index contributed by atoms with van der Waals surface area (Å²) in [5.74, 6) is 1.29. The lowest BCUT2D eigenvalue weighted by molar-refractivity contribution is -0.0812. The van der Waals surface area contributed by atoms with Gasteiger partial charge in [0.1, 0.15) is 0 Å². The zero-order chi connectivity index (χ0) is 12.0. The van der Waals surface area contributed by atoms with E-state index in [1.165, 1.54) is 25.7 Å². The van der Waals surface area contributed by atoms with E-state index in [9.17, 15) is 0 Å². The van der Waals surface area contributed by atoms with Gasteiger partial charge in [-0.25, -0.2) is 0 Å². The average Bonchev–Trinajstić information content (AvgIpc) is 2.35. The molecule has 1 nitrogen and oxygen atoms in total. The standard InChI is InChI=1S/C14H25ClO/c1-13(2)9-11(14(3,4)16-13)10-7-5-6-8-12(10)15/h10-12H,5-9H2,1-4H3. The third-order valence-electron chi connectivity index (χ3n) is 4.39. The highest BCUT2D eigenvalue weighted by atomic mass is 35.5. The molecule has 1 heterocycles. The molecule has 2 aliphatic rings. The Labute approximate surface area is 105 Å². The summed E-state index contributed by atoms with van der Waals surface area (Å²) in [7, 11) is 0. The van der Waals surface area contributed by atoms with Crippen LogP contribution in [-0.2, 0) is 4.74 Å². The van der Waals surface area contributed by atoms with E-state index in [4.69, 9.17) is 16.3 Å². The normalized spacial score (nSPS) is 42.2. The third kappa shape index (κ3) is 2.41. The molecule has 0 radical (unpaired) electrons. The largest absolute Gasteiger partial charge is 0.369 e. The molecule has 1 saturated heterocycles. The molecule has 2 heteroatoms. The molecule has 0 N–H and O–H groups in total. The van der Waals surface area contributed by atoms with Crippen molar-refractivity contribution in [2.75, 3.05) is 0 Å². The second-order valence-electron chi connectivity index (χ2n) is 6.74. The van der Waals surface area contributed by atoms with Crippen molar-refractivity contribution in [1.82, 2.24) is 0 Å². The van der Waals surface area contributed by atoms with Crippen LogP contribution < -0.4 is 0 Å². The predicted octanol–water partition coefficient (Wildman–Crippen LogP) is 4.38. The first-order chi connectivity index (χ1) is 7.32. The van der Waals surface area contributed by atoms with E-state index in [2.05, 4.69) is 27.7 Å². The average molecular weight is 245 g/mol. The summed E-state index contributed by atoms with van der Waals surface area (Å²) < 4.78 is 6.19. The SMILES string of the molecule is CC1(C)CC(C2CCCCC2Cl)C(C)(C)O1. The second kappa shape index (κ2) is 4.17. The summed E-state index contributed by atoms with van der Waals surface area (Å²) in [6, 6.07) is 0. The van der Waals surface area contributed by atoms with Crippen molar-refractivity contribution < 1.29 is 4.74 Å². The van der Waals surface area contributed by atoms with Crippen molar-refractivity contribution in [1.29, 1.82) is 0 Å². The predicted molar refractivity (Wildman–Crippen MR) is 68.9 cm³/mol. The second-order valence-corrected chi connectivity index (χ2v) is 7.30. The van der Waals surface area contributed by atoms with Crippen LogP contribution in [-0.4, -0.2) is 16.6 Å². The van der Waals surface area contributed by atoms with Crippen molar-refractivity contribution in [2.24, 2.45) is 11.8 Å². The summed E-state index contributed by atoms with van der Waals surface area (Å²) in [5, 5.41) is 0.371. The fourth-order valence-corrected chi connectivity index (χ4v) is 4.30. The number of hydrogen-bond donors (Lipinski definition) is 0. The van der Waals surface area contributed by atoms with Crippen molar-refractivity contribution in [3.05, 3.63) is 0 Å². The minimum Gasteiger partial charge on any atom is -0.369 e. The summed E-state index contributed by atoms with van der Waals surface area (Å²) in [4.78, 5) is 0. The van der Waals surface area contributed by atoms with Gasteiger partial charge in [-0.2, -0.15) is 0 Å². The van der Waals surface area contributed by atoms with Gasteiger partial charge in [0.15, 0.2) is 0 Å². The highest BCUT2D eigenvalue weighted by Crippen LogP contribution is 2.50. The molecule has 1 aliphatic carbocycles. The highest BCUT2D eigenvalue weighted by Gasteiger charge is 2.50. The Balaban J connectivity index is 2.13. The molecule has 1 aliphatic heterocycles. The van der Waals surface area contributed by atoms with Crippen LogP contribution in [0.3, 0.4) is 0 Å². The fraction of sp³-hybridized carbons (Fsp3) is 1.00. The lowest BCUT2D eigenvalue weighted by atomic mass is 9.71. The quantitative estimate of drug-likeness (QED) is 0.622. The van der Waals surface area contributed by atoms with Crippen LogP contribution in [0.4, 0.5) is 0 Å². The van der Waals surface area contributed by atoms with Crippen LogP contribution in [0.25, 0.3) is 0 Å². The molecule has 3 atom stereocenters. The number of rotatable bonds is 1. The number of halogens is 1. The Morgan fingerprint density at radius 2 is 1.69 bits per heavy atom. The summed E-state index contributed by atoms with van der Waals surface area (Å²) in [6.45, 7) is 8.90. The molecule has 3 unspecified atom stereocenters. The van der Waals surface area contributed by atoms with E-state index < -0.39 is 0 Å². The van der Waals surface area contributed by atoms with E-state index in [-0.39, 0.29) is 11.2 Å². The highest BCUT2D eigenvalue weighted by molar-refractivity contribution is 6.20. The van der Waals surface area contributed by atoms with Gasteiger partial charge in [0.05, 0.1) is 11.2 Å². The van der Waals surface area contributed by atoms with Crippen LogP contribution in [0.15, 0.2) is 0 Å². The fourth-order valence-electron chi connectivity index (χ4n) is 3.84. The maximum atomic E-state index is 6.53. The zero-order valence-electron chi connectivity index (χ0n) is 11.1. The number of ether oxygens (including phenoxy) is 1. The molecular formula is C14H25ClO. The van der Waals surface area contributed by atoms with Crippen LogP contribution in [0.1, 0.15) is 59.8 Å². The Morgan fingerprint density at radius 1 is 1.06 bits per heavy atom. The summed E-state index contributed by atoms with van der Waals surface area (Å²) >= 11 is 6.53. The molecule has 0 spiro atoms. The molecule has 2 rings (SSSR count). The summed E-state index contributed by atoms with van der Waals surface area (Å²) in [5.41, 5.74) is 0.0286. The van der Waals surface area contributed by atoms with Crippen molar-refractivity contribution >= 4 is 11.6 Å². The molecule has 0 bridgehead atoms. The van der Waals surface area contributed by atoms with Gasteiger partial charge >= 0.3 is 0 Å². The number of hydrogen-bond acceptors (Lipinski definition) is 1. The lowest BCUT2D eigenvalue weighted by Crippen LogP contribution is -2.38.